The third-order valence-corrected chi connectivity index (χ3v) is 3.48. The maximum Gasteiger partial charge on any atom is 0.305 e. The molecule has 3 rings (SSSR count). The van der Waals surface area contributed by atoms with Crippen LogP contribution in [0.15, 0.2) is 53.5 Å². The number of benzodiazepines with no additional fused rings is 1. The van der Waals surface area contributed by atoms with E-state index in [-0.39, 0.29) is 0 Å². The molecule has 1 aliphatic heterocycles. The lowest BCUT2D eigenvalue weighted by Gasteiger charge is -2.10. The quantitative estimate of drug-likeness (QED) is 0.867. The Balaban J connectivity index is 2.18. The maximum absolute atomic E-state index is 12.3. The normalized spacial score (nSPS) is 16.7. The molecule has 0 saturated heterocycles. The molecule has 0 spiro atoms. The Morgan fingerprint density at radius 1 is 1.17 bits per heavy atom. The molecule has 23 heavy (non-hydrogen) atoms. The van der Waals surface area contributed by atoms with Crippen molar-refractivity contribution < 1.29 is 14.3 Å². The second kappa shape index (κ2) is 6.04. The average Bonchev–Trinajstić information content (AvgIpc) is 2.65. The molecule has 116 valence electrons. The Hall–Kier alpha value is -2.95. The van der Waals surface area contributed by atoms with Gasteiger partial charge in [-0.2, -0.15) is 0 Å². The molecule has 0 saturated carbocycles. The first-order valence-corrected chi connectivity index (χ1v) is 7.27. The second-order valence-electron chi connectivity index (χ2n) is 5.34. The highest BCUT2D eigenvalue weighted by Gasteiger charge is 2.27. The number of hydrogen-bond donors (Lipinski definition) is 1. The van der Waals surface area contributed by atoms with Crippen LogP contribution in [0.1, 0.15) is 23.6 Å². The number of hydrogen-bond acceptors (Lipinski definition) is 4. The molecule has 0 fully saturated rings. The summed E-state index contributed by atoms with van der Waals surface area (Å²) in [6.45, 7) is 3.23. The van der Waals surface area contributed by atoms with E-state index in [0.717, 1.165) is 16.7 Å². The molecule has 1 atom stereocenters. The molecule has 1 N–H and O–H groups in total. The standard InChI is InChI=1S/C18H16N2O3/c1-11-8-9-15-14(10-11)16(13-6-4-3-5-7-13)20-18(17(22)19-15)23-12(2)21/h3-10,18H,1-2H3,(H,19,22)/t18-/m0/s1. The van der Waals surface area contributed by atoms with Crippen molar-refractivity contribution in [2.45, 2.75) is 20.1 Å². The summed E-state index contributed by atoms with van der Waals surface area (Å²) in [7, 11) is 0. The summed E-state index contributed by atoms with van der Waals surface area (Å²) in [5.41, 5.74) is 3.98. The minimum Gasteiger partial charge on any atom is -0.430 e. The topological polar surface area (TPSA) is 67.8 Å². The van der Waals surface area contributed by atoms with E-state index in [1.54, 1.807) is 0 Å². The Kier molecular flexibility index (Phi) is 3.93. The Morgan fingerprint density at radius 2 is 1.91 bits per heavy atom. The summed E-state index contributed by atoms with van der Waals surface area (Å²) in [6.07, 6.45) is -1.20. The van der Waals surface area contributed by atoms with Crippen LogP contribution in [0.2, 0.25) is 0 Å². The highest BCUT2D eigenvalue weighted by atomic mass is 16.6. The lowest BCUT2D eigenvalue weighted by molar-refractivity contribution is -0.151. The van der Waals surface area contributed by atoms with Crippen LogP contribution in [0.4, 0.5) is 5.69 Å². The number of anilines is 1. The van der Waals surface area contributed by atoms with Gasteiger partial charge in [-0.25, -0.2) is 4.99 Å². The number of rotatable bonds is 2. The number of amides is 1. The molecular formula is C18H16N2O3. The van der Waals surface area contributed by atoms with Crippen LogP contribution in [0.25, 0.3) is 0 Å². The lowest BCUT2D eigenvalue weighted by Crippen LogP contribution is -2.29. The highest BCUT2D eigenvalue weighted by molar-refractivity contribution is 6.19. The molecule has 0 bridgehead atoms. The molecule has 2 aromatic rings. The van der Waals surface area contributed by atoms with Crippen LogP contribution in [0, 0.1) is 6.92 Å². The molecule has 5 nitrogen and oxygen atoms in total. The van der Waals surface area contributed by atoms with Crippen molar-refractivity contribution in [3.8, 4) is 0 Å². The first kappa shape index (κ1) is 15.0. The third kappa shape index (κ3) is 3.13. The summed E-state index contributed by atoms with van der Waals surface area (Å²) in [5.74, 6) is -1.01. The number of aliphatic imine (C=N–C) groups is 1. The molecule has 1 aliphatic rings. The average molecular weight is 308 g/mol. The largest absolute Gasteiger partial charge is 0.430 e. The predicted molar refractivity (Wildman–Crippen MR) is 87.4 cm³/mol. The number of carbonyl (C=O) groups excluding carboxylic acids is 2. The molecule has 2 aromatic carbocycles. The van der Waals surface area contributed by atoms with Crippen molar-refractivity contribution in [3.05, 3.63) is 65.2 Å². The SMILES string of the molecule is CC(=O)O[C@@H]1N=C(c2ccccc2)c2cc(C)ccc2NC1=O. The van der Waals surface area contributed by atoms with E-state index in [0.29, 0.717) is 11.4 Å². The van der Waals surface area contributed by atoms with Crippen LogP contribution in [0.5, 0.6) is 0 Å². The van der Waals surface area contributed by atoms with Crippen molar-refractivity contribution >= 4 is 23.3 Å². The number of ether oxygens (including phenoxy) is 1. The van der Waals surface area contributed by atoms with Gasteiger partial charge in [-0.15, -0.1) is 0 Å². The van der Waals surface area contributed by atoms with Crippen LogP contribution in [-0.2, 0) is 14.3 Å². The fourth-order valence-corrected chi connectivity index (χ4v) is 2.47. The van der Waals surface area contributed by atoms with Gasteiger partial charge in [0.15, 0.2) is 0 Å². The zero-order chi connectivity index (χ0) is 16.4. The first-order chi connectivity index (χ1) is 11.0. The van der Waals surface area contributed by atoms with Gasteiger partial charge in [-0.05, 0) is 19.1 Å². The minimum absolute atomic E-state index is 0.462. The van der Waals surface area contributed by atoms with Crippen molar-refractivity contribution in [2.75, 3.05) is 5.32 Å². The van der Waals surface area contributed by atoms with E-state index >= 15 is 0 Å². The smallest absolute Gasteiger partial charge is 0.305 e. The Morgan fingerprint density at radius 3 is 2.61 bits per heavy atom. The van der Waals surface area contributed by atoms with E-state index in [9.17, 15) is 9.59 Å². The fraction of sp³-hybridized carbons (Fsp3) is 0.167. The molecule has 0 aliphatic carbocycles. The molecule has 1 amide bonds. The fourth-order valence-electron chi connectivity index (χ4n) is 2.47. The number of aryl methyl sites for hydroxylation is 1. The maximum atomic E-state index is 12.3. The minimum atomic E-state index is -1.20. The van der Waals surface area contributed by atoms with Gasteiger partial charge in [0.2, 0.25) is 0 Å². The number of nitrogens with one attached hydrogen (secondary N) is 1. The number of carbonyl (C=O) groups is 2. The Bertz CT molecular complexity index is 797. The monoisotopic (exact) mass is 308 g/mol. The van der Waals surface area contributed by atoms with Gasteiger partial charge in [0.1, 0.15) is 0 Å². The van der Waals surface area contributed by atoms with Crippen molar-refractivity contribution in [2.24, 2.45) is 4.99 Å². The highest BCUT2D eigenvalue weighted by Crippen LogP contribution is 2.25. The summed E-state index contributed by atoms with van der Waals surface area (Å²) >= 11 is 0. The van der Waals surface area contributed by atoms with Gasteiger partial charge in [-0.3, -0.25) is 9.59 Å². The van der Waals surface area contributed by atoms with Crippen molar-refractivity contribution in [1.82, 2.24) is 0 Å². The van der Waals surface area contributed by atoms with Gasteiger partial charge < -0.3 is 10.1 Å². The molecule has 0 aromatic heterocycles. The van der Waals surface area contributed by atoms with E-state index in [4.69, 9.17) is 4.74 Å². The van der Waals surface area contributed by atoms with E-state index in [2.05, 4.69) is 10.3 Å². The molecular weight excluding hydrogens is 292 g/mol. The summed E-state index contributed by atoms with van der Waals surface area (Å²) in [6, 6.07) is 15.2. The summed E-state index contributed by atoms with van der Waals surface area (Å²) in [4.78, 5) is 28.0. The first-order valence-electron chi connectivity index (χ1n) is 7.27. The number of nitrogens with zero attached hydrogens (tertiary/aromatic N) is 1. The Labute approximate surface area is 134 Å². The predicted octanol–water partition coefficient (Wildman–Crippen LogP) is 2.67. The van der Waals surface area contributed by atoms with Crippen molar-refractivity contribution in [1.29, 1.82) is 0 Å². The van der Waals surface area contributed by atoms with Crippen LogP contribution < -0.4 is 5.32 Å². The second-order valence-corrected chi connectivity index (χ2v) is 5.34. The van der Waals surface area contributed by atoms with Crippen LogP contribution in [0.3, 0.4) is 0 Å². The van der Waals surface area contributed by atoms with Crippen molar-refractivity contribution in [3.63, 3.8) is 0 Å². The summed E-state index contributed by atoms with van der Waals surface area (Å²) in [5, 5.41) is 2.77. The van der Waals surface area contributed by atoms with Gasteiger partial charge in [0.25, 0.3) is 12.1 Å². The van der Waals surface area contributed by atoms with Crippen LogP contribution >= 0.6 is 0 Å². The van der Waals surface area contributed by atoms with E-state index in [1.165, 1.54) is 6.92 Å². The molecule has 0 unspecified atom stereocenters. The zero-order valence-electron chi connectivity index (χ0n) is 12.9. The van der Waals surface area contributed by atoms with E-state index in [1.807, 2.05) is 55.5 Å². The van der Waals surface area contributed by atoms with Gasteiger partial charge in [-0.1, -0.05) is 42.0 Å². The van der Waals surface area contributed by atoms with Gasteiger partial charge in [0, 0.05) is 18.1 Å². The third-order valence-electron chi connectivity index (χ3n) is 3.48. The molecule has 0 radical (unpaired) electrons. The lowest BCUT2D eigenvalue weighted by atomic mass is 9.99. The number of benzene rings is 2. The molecule has 5 heteroatoms. The van der Waals surface area contributed by atoms with E-state index < -0.39 is 18.1 Å². The van der Waals surface area contributed by atoms with Crippen LogP contribution in [-0.4, -0.2) is 23.8 Å². The molecule has 1 heterocycles. The van der Waals surface area contributed by atoms with Gasteiger partial charge >= 0.3 is 5.97 Å². The zero-order valence-corrected chi connectivity index (χ0v) is 12.9. The van der Waals surface area contributed by atoms with Gasteiger partial charge in [0.05, 0.1) is 11.4 Å². The number of fused-ring (bicyclic) bond motifs is 1. The summed E-state index contributed by atoms with van der Waals surface area (Å²) < 4.78 is 5.06. The number of esters is 1.